The Hall–Kier alpha value is -1.89. The van der Waals surface area contributed by atoms with Gasteiger partial charge in [-0.3, -0.25) is 4.68 Å². The summed E-state index contributed by atoms with van der Waals surface area (Å²) < 4.78 is 4.70. The lowest BCUT2D eigenvalue weighted by molar-refractivity contribution is 0.327. The zero-order valence-electron chi connectivity index (χ0n) is 13.8. The summed E-state index contributed by atoms with van der Waals surface area (Å²) in [6.45, 7) is 8.08. The number of hydrogen-bond acceptors (Lipinski definition) is 4. The molecule has 23 heavy (non-hydrogen) atoms. The van der Waals surface area contributed by atoms with Gasteiger partial charge in [-0.25, -0.2) is 4.68 Å². The first-order chi connectivity index (χ1) is 10.8. The molecule has 0 bridgehead atoms. The third-order valence-electron chi connectivity index (χ3n) is 3.48. The number of halogens is 1. The maximum absolute atomic E-state index is 4.37. The minimum Gasteiger partial charge on any atom is -0.378 e. The van der Waals surface area contributed by atoms with Gasteiger partial charge < -0.3 is 5.32 Å². The molecule has 0 fully saturated rings. The van der Waals surface area contributed by atoms with Gasteiger partial charge in [-0.2, -0.15) is 5.10 Å². The Balaban J connectivity index is 1.84. The molecule has 2 aromatic heterocycles. The lowest BCUT2D eigenvalue weighted by atomic mass is 9.97. The maximum atomic E-state index is 4.37. The number of nitrogens with one attached hydrogen (secondary N) is 1. The number of anilines is 1. The Morgan fingerprint density at radius 1 is 1.22 bits per heavy atom. The van der Waals surface area contributed by atoms with Gasteiger partial charge in [-0.05, 0) is 39.5 Å². The second-order valence-electron chi connectivity index (χ2n) is 6.94. The molecular formula is C16H21BrN6. The van der Waals surface area contributed by atoms with Crippen molar-refractivity contribution in [3.05, 3.63) is 34.6 Å². The van der Waals surface area contributed by atoms with Crippen LogP contribution in [0, 0.1) is 5.41 Å². The third kappa shape index (κ3) is 3.55. The Morgan fingerprint density at radius 2 is 2.00 bits per heavy atom. The molecule has 0 saturated carbocycles. The van der Waals surface area contributed by atoms with Gasteiger partial charge >= 0.3 is 0 Å². The summed E-state index contributed by atoms with van der Waals surface area (Å²) in [4.78, 5) is 0. The zero-order valence-corrected chi connectivity index (χ0v) is 15.4. The Labute approximate surface area is 144 Å². The number of nitrogens with zero attached hydrogens (tertiary/aromatic N) is 5. The number of rotatable bonds is 4. The van der Waals surface area contributed by atoms with E-state index in [4.69, 9.17) is 0 Å². The van der Waals surface area contributed by atoms with E-state index in [2.05, 4.69) is 69.6 Å². The van der Waals surface area contributed by atoms with Crippen LogP contribution in [-0.2, 0) is 20.1 Å². The third-order valence-corrected chi connectivity index (χ3v) is 4.28. The van der Waals surface area contributed by atoms with Gasteiger partial charge in [0.05, 0.1) is 27.9 Å². The fourth-order valence-corrected chi connectivity index (χ4v) is 3.01. The van der Waals surface area contributed by atoms with Gasteiger partial charge in [0.15, 0.2) is 0 Å². The van der Waals surface area contributed by atoms with Gasteiger partial charge in [0.25, 0.3) is 0 Å². The molecule has 6 nitrogen and oxygen atoms in total. The van der Waals surface area contributed by atoms with Gasteiger partial charge in [-0.1, -0.05) is 26.0 Å². The molecule has 3 aromatic rings. The normalized spacial score (nSPS) is 12.0. The van der Waals surface area contributed by atoms with Gasteiger partial charge in [0.2, 0.25) is 0 Å². The Kier molecular flexibility index (Phi) is 4.14. The second kappa shape index (κ2) is 5.96. The van der Waals surface area contributed by atoms with E-state index < -0.39 is 0 Å². The average molecular weight is 377 g/mol. The summed E-state index contributed by atoms with van der Waals surface area (Å²) >= 11 is 3.65. The Bertz CT molecular complexity index is 827. The van der Waals surface area contributed by atoms with Crippen molar-refractivity contribution in [3.8, 4) is 0 Å². The van der Waals surface area contributed by atoms with Crippen molar-refractivity contribution in [1.29, 1.82) is 0 Å². The van der Waals surface area contributed by atoms with E-state index in [1.165, 1.54) is 0 Å². The molecule has 0 amide bonds. The van der Waals surface area contributed by atoms with Crippen molar-refractivity contribution in [1.82, 2.24) is 24.8 Å². The number of hydrogen-bond donors (Lipinski definition) is 1. The van der Waals surface area contributed by atoms with Crippen LogP contribution in [0.15, 0.2) is 28.9 Å². The van der Waals surface area contributed by atoms with E-state index in [9.17, 15) is 0 Å². The fourth-order valence-electron chi connectivity index (χ4n) is 2.45. The highest BCUT2D eigenvalue weighted by molar-refractivity contribution is 9.10. The van der Waals surface area contributed by atoms with Crippen LogP contribution in [0.5, 0.6) is 0 Å². The van der Waals surface area contributed by atoms with Crippen molar-refractivity contribution in [2.24, 2.45) is 12.5 Å². The van der Waals surface area contributed by atoms with Crippen LogP contribution in [-0.4, -0.2) is 24.8 Å². The van der Waals surface area contributed by atoms with Crippen molar-refractivity contribution in [3.63, 3.8) is 0 Å². The molecule has 0 aliphatic rings. The molecule has 0 spiro atoms. The van der Waals surface area contributed by atoms with Crippen LogP contribution in [0.4, 0.5) is 5.69 Å². The predicted octanol–water partition coefficient (Wildman–Crippen LogP) is 3.59. The molecule has 0 radical (unpaired) electrons. The van der Waals surface area contributed by atoms with Crippen LogP contribution in [0.25, 0.3) is 11.0 Å². The largest absolute Gasteiger partial charge is 0.378 e. The minimum atomic E-state index is 0.156. The summed E-state index contributed by atoms with van der Waals surface area (Å²) in [6.07, 6.45) is 1.94. The second-order valence-corrected chi connectivity index (χ2v) is 7.73. The summed E-state index contributed by atoms with van der Waals surface area (Å²) in [6, 6.07) is 6.11. The molecule has 122 valence electrons. The molecule has 0 aliphatic carbocycles. The van der Waals surface area contributed by atoms with E-state index in [0.717, 1.165) is 33.4 Å². The highest BCUT2D eigenvalue weighted by Gasteiger charge is 2.17. The SMILES string of the molecule is Cn1ccc(CNc2ccc3c(nnn3CC(C)(C)C)c2Br)n1. The summed E-state index contributed by atoms with van der Waals surface area (Å²) in [5, 5.41) is 16.4. The van der Waals surface area contributed by atoms with Crippen molar-refractivity contribution in [2.45, 2.75) is 33.9 Å². The Morgan fingerprint density at radius 3 is 2.65 bits per heavy atom. The van der Waals surface area contributed by atoms with Gasteiger partial charge in [0.1, 0.15) is 5.52 Å². The fraction of sp³-hybridized carbons (Fsp3) is 0.438. The zero-order chi connectivity index (χ0) is 16.6. The minimum absolute atomic E-state index is 0.156. The number of fused-ring (bicyclic) bond motifs is 1. The van der Waals surface area contributed by atoms with Crippen LogP contribution in [0.1, 0.15) is 26.5 Å². The molecule has 2 heterocycles. The molecular weight excluding hydrogens is 356 g/mol. The van der Waals surface area contributed by atoms with Gasteiger partial charge in [-0.15, -0.1) is 5.10 Å². The number of aromatic nitrogens is 5. The molecule has 0 aliphatic heterocycles. The standard InChI is InChI=1S/C16H21BrN6/c1-16(2,3)10-23-13-6-5-12(14(17)15(13)19-21-23)18-9-11-7-8-22(4)20-11/h5-8,18H,9-10H2,1-4H3. The topological polar surface area (TPSA) is 60.6 Å². The molecule has 0 saturated heterocycles. The highest BCUT2D eigenvalue weighted by atomic mass is 79.9. The highest BCUT2D eigenvalue weighted by Crippen LogP contribution is 2.31. The van der Waals surface area contributed by atoms with E-state index >= 15 is 0 Å². The monoisotopic (exact) mass is 376 g/mol. The summed E-state index contributed by atoms with van der Waals surface area (Å²) in [5.74, 6) is 0. The first kappa shape index (κ1) is 16.0. The lowest BCUT2D eigenvalue weighted by Crippen LogP contribution is -2.16. The average Bonchev–Trinajstić information content (AvgIpc) is 3.04. The maximum Gasteiger partial charge on any atom is 0.129 e. The molecule has 0 unspecified atom stereocenters. The van der Waals surface area contributed by atoms with Gasteiger partial charge in [0, 0.05) is 19.8 Å². The molecule has 0 atom stereocenters. The van der Waals surface area contributed by atoms with Crippen LogP contribution in [0.2, 0.25) is 0 Å². The summed E-state index contributed by atoms with van der Waals surface area (Å²) in [7, 11) is 1.92. The van der Waals surface area contributed by atoms with E-state index in [1.807, 2.05) is 24.0 Å². The van der Waals surface area contributed by atoms with E-state index in [0.29, 0.717) is 6.54 Å². The lowest BCUT2D eigenvalue weighted by Gasteiger charge is -2.18. The number of benzene rings is 1. The quantitative estimate of drug-likeness (QED) is 0.755. The smallest absolute Gasteiger partial charge is 0.129 e. The molecule has 1 aromatic carbocycles. The molecule has 7 heteroatoms. The summed E-state index contributed by atoms with van der Waals surface area (Å²) in [5.41, 5.74) is 4.06. The van der Waals surface area contributed by atoms with Crippen LogP contribution >= 0.6 is 15.9 Å². The first-order valence-corrected chi connectivity index (χ1v) is 8.37. The molecule has 3 rings (SSSR count). The van der Waals surface area contributed by atoms with Crippen molar-refractivity contribution >= 4 is 32.7 Å². The van der Waals surface area contributed by atoms with Crippen molar-refractivity contribution < 1.29 is 0 Å². The van der Waals surface area contributed by atoms with Crippen LogP contribution in [0.3, 0.4) is 0 Å². The predicted molar refractivity (Wildman–Crippen MR) is 95.2 cm³/mol. The first-order valence-electron chi connectivity index (χ1n) is 7.57. The van der Waals surface area contributed by atoms with E-state index in [-0.39, 0.29) is 5.41 Å². The van der Waals surface area contributed by atoms with Crippen LogP contribution < -0.4 is 5.32 Å². The number of aryl methyl sites for hydroxylation is 1. The van der Waals surface area contributed by atoms with Crippen molar-refractivity contribution in [2.75, 3.05) is 5.32 Å². The van der Waals surface area contributed by atoms with E-state index in [1.54, 1.807) is 4.68 Å². The molecule has 1 N–H and O–H groups in total.